The first kappa shape index (κ1) is 14.4. The molecule has 2 atom stereocenters. The van der Waals surface area contributed by atoms with Crippen molar-refractivity contribution in [3.63, 3.8) is 0 Å². The van der Waals surface area contributed by atoms with Crippen LogP contribution >= 0.6 is 0 Å². The molecule has 2 N–H and O–H groups in total. The predicted octanol–water partition coefficient (Wildman–Crippen LogP) is 2.74. The monoisotopic (exact) mass is 262 g/mol. The minimum absolute atomic E-state index is 0.226. The van der Waals surface area contributed by atoms with Crippen molar-refractivity contribution in [2.45, 2.75) is 51.7 Å². The van der Waals surface area contributed by atoms with Gasteiger partial charge in [-0.3, -0.25) is 4.90 Å². The summed E-state index contributed by atoms with van der Waals surface area (Å²) < 4.78 is 0. The number of aromatic hydroxyl groups is 1. The van der Waals surface area contributed by atoms with E-state index in [1.807, 2.05) is 12.1 Å². The summed E-state index contributed by atoms with van der Waals surface area (Å²) in [6.07, 6.45) is 2.32. The van der Waals surface area contributed by atoms with E-state index in [-0.39, 0.29) is 5.54 Å². The molecule has 1 aromatic rings. The molecule has 19 heavy (non-hydrogen) atoms. The summed E-state index contributed by atoms with van der Waals surface area (Å²) >= 11 is 0. The van der Waals surface area contributed by atoms with Gasteiger partial charge in [0, 0.05) is 31.2 Å². The SMILES string of the molecule is CCC1CN(Cc2ccc(O)cc2)C(C)(CC)CN1. The predicted molar refractivity (Wildman–Crippen MR) is 79.3 cm³/mol. The largest absolute Gasteiger partial charge is 0.508 e. The molecule has 1 fully saturated rings. The minimum atomic E-state index is 0.226. The number of hydrogen-bond acceptors (Lipinski definition) is 3. The molecule has 0 radical (unpaired) electrons. The fraction of sp³-hybridized carbons (Fsp3) is 0.625. The van der Waals surface area contributed by atoms with Crippen molar-refractivity contribution in [3.8, 4) is 5.75 Å². The van der Waals surface area contributed by atoms with Crippen molar-refractivity contribution in [1.29, 1.82) is 0 Å². The Bertz CT molecular complexity index is 404. The van der Waals surface area contributed by atoms with Crippen LogP contribution in [-0.2, 0) is 6.54 Å². The van der Waals surface area contributed by atoms with Gasteiger partial charge in [-0.05, 0) is 37.5 Å². The van der Waals surface area contributed by atoms with Crippen LogP contribution in [0.3, 0.4) is 0 Å². The Morgan fingerprint density at radius 3 is 2.58 bits per heavy atom. The second kappa shape index (κ2) is 5.93. The van der Waals surface area contributed by atoms with Crippen LogP contribution in [0.5, 0.6) is 5.75 Å². The topological polar surface area (TPSA) is 35.5 Å². The standard InChI is InChI=1S/C16H26N2O/c1-4-14-11-18(16(3,5-2)12-17-14)10-13-6-8-15(19)9-7-13/h6-9,14,17,19H,4-5,10-12H2,1-3H3. The molecule has 2 unspecified atom stereocenters. The quantitative estimate of drug-likeness (QED) is 0.876. The summed E-state index contributed by atoms with van der Waals surface area (Å²) in [5.41, 5.74) is 1.50. The van der Waals surface area contributed by atoms with Crippen molar-refractivity contribution >= 4 is 0 Å². The summed E-state index contributed by atoms with van der Waals surface area (Å²) in [5.74, 6) is 0.341. The lowest BCUT2D eigenvalue weighted by atomic mass is 9.91. The lowest BCUT2D eigenvalue weighted by molar-refractivity contribution is 0.0408. The van der Waals surface area contributed by atoms with E-state index in [4.69, 9.17) is 0 Å². The van der Waals surface area contributed by atoms with Crippen LogP contribution in [0.25, 0.3) is 0 Å². The van der Waals surface area contributed by atoms with Gasteiger partial charge < -0.3 is 10.4 Å². The van der Waals surface area contributed by atoms with Crippen molar-refractivity contribution < 1.29 is 5.11 Å². The number of phenolic OH excluding ortho intramolecular Hbond substituents is 1. The van der Waals surface area contributed by atoms with Gasteiger partial charge in [0.1, 0.15) is 5.75 Å². The third-order valence-corrected chi connectivity index (χ3v) is 4.54. The van der Waals surface area contributed by atoms with Crippen LogP contribution < -0.4 is 5.32 Å². The first-order valence-corrected chi connectivity index (χ1v) is 7.33. The number of benzene rings is 1. The number of rotatable bonds is 4. The zero-order chi connectivity index (χ0) is 13.9. The van der Waals surface area contributed by atoms with Gasteiger partial charge in [-0.25, -0.2) is 0 Å². The molecule has 0 amide bonds. The van der Waals surface area contributed by atoms with Gasteiger partial charge in [-0.15, -0.1) is 0 Å². The molecular weight excluding hydrogens is 236 g/mol. The Morgan fingerprint density at radius 1 is 1.32 bits per heavy atom. The molecule has 106 valence electrons. The second-order valence-electron chi connectivity index (χ2n) is 5.88. The normalized spacial score (nSPS) is 28.5. The first-order valence-electron chi connectivity index (χ1n) is 7.33. The van der Waals surface area contributed by atoms with E-state index in [1.165, 1.54) is 12.0 Å². The van der Waals surface area contributed by atoms with Gasteiger partial charge in [0.05, 0.1) is 0 Å². The maximum absolute atomic E-state index is 9.37. The third-order valence-electron chi connectivity index (χ3n) is 4.54. The molecule has 0 spiro atoms. The van der Waals surface area contributed by atoms with Gasteiger partial charge in [0.25, 0.3) is 0 Å². The van der Waals surface area contributed by atoms with Crippen molar-refractivity contribution in [1.82, 2.24) is 10.2 Å². The van der Waals surface area contributed by atoms with Crippen LogP contribution in [0.2, 0.25) is 0 Å². The minimum Gasteiger partial charge on any atom is -0.508 e. The Labute approximate surface area is 116 Å². The molecule has 3 nitrogen and oxygen atoms in total. The van der Waals surface area contributed by atoms with Gasteiger partial charge in [-0.2, -0.15) is 0 Å². The Morgan fingerprint density at radius 2 is 2.00 bits per heavy atom. The van der Waals surface area contributed by atoms with E-state index in [1.54, 1.807) is 12.1 Å². The van der Waals surface area contributed by atoms with E-state index in [2.05, 4.69) is 31.0 Å². The van der Waals surface area contributed by atoms with Crippen LogP contribution in [-0.4, -0.2) is 34.7 Å². The summed E-state index contributed by atoms with van der Waals surface area (Å²) in [5, 5.41) is 13.0. The number of nitrogens with one attached hydrogen (secondary N) is 1. The zero-order valence-corrected chi connectivity index (χ0v) is 12.3. The van der Waals surface area contributed by atoms with E-state index in [0.717, 1.165) is 26.1 Å². The van der Waals surface area contributed by atoms with E-state index < -0.39 is 0 Å². The lowest BCUT2D eigenvalue weighted by Gasteiger charge is -2.48. The molecule has 1 saturated heterocycles. The van der Waals surface area contributed by atoms with Crippen molar-refractivity contribution in [3.05, 3.63) is 29.8 Å². The highest BCUT2D eigenvalue weighted by molar-refractivity contribution is 5.26. The summed E-state index contributed by atoms with van der Waals surface area (Å²) in [6, 6.07) is 8.19. The fourth-order valence-electron chi connectivity index (χ4n) is 2.73. The van der Waals surface area contributed by atoms with Gasteiger partial charge in [0.2, 0.25) is 0 Å². The van der Waals surface area contributed by atoms with Crippen molar-refractivity contribution in [2.75, 3.05) is 13.1 Å². The molecular formula is C16H26N2O. The summed E-state index contributed by atoms with van der Waals surface area (Å²) in [7, 11) is 0. The molecule has 3 heteroatoms. The van der Waals surface area contributed by atoms with Gasteiger partial charge in [0.15, 0.2) is 0 Å². The molecule has 1 aliphatic rings. The van der Waals surface area contributed by atoms with Gasteiger partial charge in [-0.1, -0.05) is 26.0 Å². The molecule has 2 rings (SSSR count). The molecule has 1 aliphatic heterocycles. The number of nitrogens with zero attached hydrogens (tertiary/aromatic N) is 1. The van der Waals surface area contributed by atoms with Crippen LogP contribution in [0.4, 0.5) is 0 Å². The Hall–Kier alpha value is -1.06. The summed E-state index contributed by atoms with van der Waals surface area (Å²) in [4.78, 5) is 2.59. The third kappa shape index (κ3) is 3.28. The summed E-state index contributed by atoms with van der Waals surface area (Å²) in [6.45, 7) is 9.96. The maximum Gasteiger partial charge on any atom is 0.115 e. The number of hydrogen-bond donors (Lipinski definition) is 2. The fourth-order valence-corrected chi connectivity index (χ4v) is 2.73. The number of piperazine rings is 1. The van der Waals surface area contributed by atoms with Gasteiger partial charge >= 0.3 is 0 Å². The smallest absolute Gasteiger partial charge is 0.115 e. The van der Waals surface area contributed by atoms with E-state index in [0.29, 0.717) is 11.8 Å². The van der Waals surface area contributed by atoms with E-state index >= 15 is 0 Å². The first-order chi connectivity index (χ1) is 9.07. The Balaban J connectivity index is 2.11. The maximum atomic E-state index is 9.37. The van der Waals surface area contributed by atoms with Crippen LogP contribution in [0.15, 0.2) is 24.3 Å². The van der Waals surface area contributed by atoms with Crippen LogP contribution in [0.1, 0.15) is 39.2 Å². The lowest BCUT2D eigenvalue weighted by Crippen LogP contribution is -2.62. The van der Waals surface area contributed by atoms with Crippen LogP contribution in [0, 0.1) is 0 Å². The highest BCUT2D eigenvalue weighted by Crippen LogP contribution is 2.26. The second-order valence-corrected chi connectivity index (χ2v) is 5.88. The van der Waals surface area contributed by atoms with E-state index in [9.17, 15) is 5.11 Å². The zero-order valence-electron chi connectivity index (χ0n) is 12.3. The molecule has 1 aromatic carbocycles. The molecule has 0 aromatic heterocycles. The average molecular weight is 262 g/mol. The molecule has 0 bridgehead atoms. The highest BCUT2D eigenvalue weighted by atomic mass is 16.3. The van der Waals surface area contributed by atoms with Crippen molar-refractivity contribution in [2.24, 2.45) is 0 Å². The highest BCUT2D eigenvalue weighted by Gasteiger charge is 2.35. The number of phenols is 1. The average Bonchev–Trinajstić information content (AvgIpc) is 2.43. The molecule has 0 aliphatic carbocycles. The Kier molecular flexibility index (Phi) is 4.48. The molecule has 0 saturated carbocycles. The molecule has 1 heterocycles.